The highest BCUT2D eigenvalue weighted by atomic mass is 127. The summed E-state index contributed by atoms with van der Waals surface area (Å²) >= 11 is 11.9. The van der Waals surface area contributed by atoms with Crippen LogP contribution in [0.5, 0.6) is 0 Å². The van der Waals surface area contributed by atoms with Gasteiger partial charge in [0, 0.05) is 14.3 Å². The molecule has 0 atom stereocenters. The van der Waals surface area contributed by atoms with Gasteiger partial charge in [0.15, 0.2) is 0 Å². The van der Waals surface area contributed by atoms with Crippen LogP contribution in [0.2, 0.25) is 0 Å². The molecule has 39 heavy (non-hydrogen) atoms. The van der Waals surface area contributed by atoms with E-state index in [1.807, 2.05) is 90.4 Å². The lowest BCUT2D eigenvalue weighted by Gasteiger charge is -2.14. The number of carboxylic acids is 2. The number of hydrogen-bond donors (Lipinski definition) is 4. The van der Waals surface area contributed by atoms with Gasteiger partial charge in [0.1, 0.15) is 13.2 Å². The Morgan fingerprint density at radius 1 is 0.590 bits per heavy atom. The summed E-state index contributed by atoms with van der Waals surface area (Å²) in [5.74, 6) is -3.26. The first kappa shape index (κ1) is 35.8. The van der Waals surface area contributed by atoms with Crippen molar-refractivity contribution >= 4 is 171 Å². The fourth-order valence-electron chi connectivity index (χ4n) is 2.86. The van der Waals surface area contributed by atoms with Gasteiger partial charge in [-0.25, -0.2) is 9.59 Å². The maximum atomic E-state index is 12.3. The van der Waals surface area contributed by atoms with E-state index < -0.39 is 23.8 Å². The molecule has 0 radical (unpaired) electrons. The van der Waals surface area contributed by atoms with E-state index in [9.17, 15) is 29.4 Å². The highest BCUT2D eigenvalue weighted by Crippen LogP contribution is 2.33. The van der Waals surface area contributed by atoms with Gasteiger partial charge in [-0.3, -0.25) is 9.59 Å². The predicted molar refractivity (Wildman–Crippen MR) is 193 cm³/mol. The van der Waals surface area contributed by atoms with Gasteiger partial charge >= 0.3 is 11.9 Å². The number of ether oxygens (including phenoxy) is 3. The first-order chi connectivity index (χ1) is 18.3. The van der Waals surface area contributed by atoms with Gasteiger partial charge in [-0.15, -0.1) is 0 Å². The minimum atomic E-state index is -1.14. The minimum Gasteiger partial charge on any atom is -0.478 e. The van der Waals surface area contributed by atoms with Gasteiger partial charge in [0.05, 0.1) is 56.1 Å². The summed E-state index contributed by atoms with van der Waals surface area (Å²) in [7, 11) is 0. The van der Waals surface area contributed by atoms with Gasteiger partial charge in [-0.05, 0) is 148 Å². The Morgan fingerprint density at radius 2 is 0.923 bits per heavy atom. The maximum Gasteiger partial charge on any atom is 0.338 e. The van der Waals surface area contributed by atoms with Gasteiger partial charge in [-0.1, -0.05) is 0 Å². The second kappa shape index (κ2) is 17.6. The number of aromatic carboxylic acids is 2. The van der Waals surface area contributed by atoms with Crippen LogP contribution < -0.4 is 10.6 Å². The average molecular weight is 1220 g/mol. The molecule has 2 aromatic carbocycles. The molecular formula is C22H18I6N2O9. The Balaban J connectivity index is 1.68. The van der Waals surface area contributed by atoms with Crippen LogP contribution in [0.4, 0.5) is 11.4 Å². The van der Waals surface area contributed by atoms with E-state index in [4.69, 9.17) is 14.2 Å². The van der Waals surface area contributed by atoms with Crippen LogP contribution >= 0.6 is 136 Å². The molecule has 0 fully saturated rings. The van der Waals surface area contributed by atoms with E-state index in [1.54, 1.807) is 12.1 Å². The van der Waals surface area contributed by atoms with Crippen LogP contribution in [0.15, 0.2) is 12.1 Å². The van der Waals surface area contributed by atoms with Crippen molar-refractivity contribution in [3.8, 4) is 0 Å². The fraction of sp³-hybridized carbons (Fsp3) is 0.273. The Morgan fingerprint density at radius 3 is 1.26 bits per heavy atom. The normalized spacial score (nSPS) is 10.8. The summed E-state index contributed by atoms with van der Waals surface area (Å²) in [5.41, 5.74) is 0.513. The molecule has 0 heterocycles. The third-order valence-corrected chi connectivity index (χ3v) is 12.2. The topological polar surface area (TPSA) is 160 Å². The lowest BCUT2D eigenvalue weighted by molar-refractivity contribution is -0.121. The van der Waals surface area contributed by atoms with Crippen molar-refractivity contribution in [2.24, 2.45) is 0 Å². The molecule has 4 N–H and O–H groups in total. The number of hydrogen-bond acceptors (Lipinski definition) is 7. The number of rotatable bonds is 14. The van der Waals surface area contributed by atoms with Gasteiger partial charge in [0.2, 0.25) is 11.8 Å². The number of benzene rings is 2. The average Bonchev–Trinajstić information content (AvgIpc) is 2.83. The van der Waals surface area contributed by atoms with Crippen molar-refractivity contribution in [3.63, 3.8) is 0 Å². The Bertz CT molecular complexity index is 1180. The SMILES string of the molecule is O=C(COCCOCCOCC(=O)Nc1c(I)c(I)cc(I)c1C(=O)O)Nc1c(I)c(I)cc(I)c1C(=O)O. The van der Waals surface area contributed by atoms with Crippen molar-refractivity contribution in [2.45, 2.75) is 0 Å². The molecule has 11 nitrogen and oxygen atoms in total. The number of nitrogens with one attached hydrogen (secondary N) is 2. The van der Waals surface area contributed by atoms with E-state index in [0.717, 1.165) is 7.14 Å². The zero-order valence-electron chi connectivity index (χ0n) is 19.4. The molecule has 0 spiro atoms. The third kappa shape index (κ3) is 11.0. The lowest BCUT2D eigenvalue weighted by atomic mass is 10.2. The summed E-state index contributed by atoms with van der Waals surface area (Å²) in [6.45, 7) is -0.00600. The van der Waals surface area contributed by atoms with E-state index in [2.05, 4.69) is 55.8 Å². The van der Waals surface area contributed by atoms with Crippen LogP contribution in [-0.4, -0.2) is 73.6 Å². The molecule has 17 heteroatoms. The molecule has 2 aromatic rings. The predicted octanol–water partition coefficient (Wildman–Crippen LogP) is 5.34. The first-order valence-corrected chi connectivity index (χ1v) is 17.0. The smallest absolute Gasteiger partial charge is 0.338 e. The number of halogens is 6. The van der Waals surface area contributed by atoms with Crippen LogP contribution in [0.25, 0.3) is 0 Å². The number of carbonyl (C=O) groups is 4. The van der Waals surface area contributed by atoms with Crippen molar-refractivity contribution in [1.29, 1.82) is 0 Å². The van der Waals surface area contributed by atoms with Crippen LogP contribution in [0.1, 0.15) is 20.7 Å². The monoisotopic (exact) mass is 1220 g/mol. The third-order valence-electron chi connectivity index (χ3n) is 4.51. The van der Waals surface area contributed by atoms with Crippen LogP contribution in [0.3, 0.4) is 0 Å². The number of amides is 2. The van der Waals surface area contributed by atoms with Crippen LogP contribution in [0, 0.1) is 21.4 Å². The zero-order valence-corrected chi connectivity index (χ0v) is 32.4. The molecule has 0 bridgehead atoms. The molecule has 0 unspecified atom stereocenters. The molecular weight excluding hydrogens is 1200 g/mol. The molecule has 0 aromatic heterocycles. The molecule has 2 amide bonds. The maximum absolute atomic E-state index is 12.3. The molecule has 212 valence electrons. The fourth-order valence-corrected chi connectivity index (χ4v) is 7.96. The van der Waals surface area contributed by atoms with E-state index in [1.165, 1.54) is 0 Å². The van der Waals surface area contributed by atoms with Gasteiger partial charge < -0.3 is 35.1 Å². The number of carboxylic acid groups (broad SMARTS) is 2. The van der Waals surface area contributed by atoms with E-state index in [-0.39, 0.29) is 62.1 Å². The van der Waals surface area contributed by atoms with Crippen LogP contribution in [-0.2, 0) is 23.8 Å². The zero-order chi connectivity index (χ0) is 29.3. The number of anilines is 2. The van der Waals surface area contributed by atoms with Crippen molar-refractivity contribution in [2.75, 3.05) is 50.3 Å². The summed E-state index contributed by atoms with van der Waals surface area (Å²) in [6.07, 6.45) is 0. The molecule has 0 saturated heterocycles. The number of carbonyl (C=O) groups excluding carboxylic acids is 2. The largest absolute Gasteiger partial charge is 0.478 e. The first-order valence-electron chi connectivity index (χ1n) is 10.5. The van der Waals surface area contributed by atoms with E-state index >= 15 is 0 Å². The Hall–Kier alpha value is 0.580. The van der Waals surface area contributed by atoms with Gasteiger partial charge in [0.25, 0.3) is 0 Å². The summed E-state index contributed by atoms with van der Waals surface area (Å²) < 4.78 is 19.9. The molecule has 0 saturated carbocycles. The summed E-state index contributed by atoms with van der Waals surface area (Å²) in [4.78, 5) is 47.8. The minimum absolute atomic E-state index is 0.0242. The Kier molecular flexibility index (Phi) is 16.2. The molecule has 2 rings (SSSR count). The molecule has 0 aliphatic rings. The van der Waals surface area contributed by atoms with E-state index in [0.29, 0.717) is 14.3 Å². The lowest BCUT2D eigenvalue weighted by Crippen LogP contribution is -2.23. The standard InChI is InChI=1S/C22H18I6N2O9/c23-9-5-11(25)17(27)19(15(9)21(33)34)29-13(31)7-38-3-1-37-2-4-39-8-14(32)30-20-16(22(35)36)10(24)6-12(26)18(20)28/h5-6H,1-4,7-8H2,(H,29,31)(H,30,32)(H,33,34)(H,35,36). The van der Waals surface area contributed by atoms with Crippen molar-refractivity contribution < 1.29 is 43.6 Å². The second-order valence-electron chi connectivity index (χ2n) is 7.23. The summed E-state index contributed by atoms with van der Waals surface area (Å²) in [5, 5.41) is 24.2. The quantitative estimate of drug-likeness (QED) is 0.111. The van der Waals surface area contributed by atoms with Gasteiger partial charge in [-0.2, -0.15) is 0 Å². The second-order valence-corrected chi connectivity index (χ2v) is 14.0. The molecule has 0 aliphatic heterocycles. The summed E-state index contributed by atoms with van der Waals surface area (Å²) in [6, 6.07) is 3.46. The highest BCUT2D eigenvalue weighted by molar-refractivity contribution is 14.1. The van der Waals surface area contributed by atoms with Crippen molar-refractivity contribution in [1.82, 2.24) is 0 Å². The Labute approximate surface area is 304 Å². The molecule has 0 aliphatic carbocycles. The highest BCUT2D eigenvalue weighted by Gasteiger charge is 2.22. The van der Waals surface area contributed by atoms with Crippen molar-refractivity contribution in [3.05, 3.63) is 44.7 Å².